The van der Waals surface area contributed by atoms with E-state index in [1.54, 1.807) is 0 Å². The third-order valence-corrected chi connectivity index (χ3v) is 3.37. The molecular weight excluding hydrogens is 240 g/mol. The smallest absolute Gasteiger partial charge is 0.163 e. The Morgan fingerprint density at radius 2 is 1.79 bits per heavy atom. The van der Waals surface area contributed by atoms with Gasteiger partial charge in [-0.15, -0.1) is 0 Å². The number of aromatic nitrogens is 1. The summed E-state index contributed by atoms with van der Waals surface area (Å²) >= 11 is 0. The second kappa shape index (κ2) is 4.61. The molecule has 4 nitrogen and oxygen atoms in total. The van der Waals surface area contributed by atoms with Crippen LogP contribution in [0, 0.1) is 0 Å². The summed E-state index contributed by atoms with van der Waals surface area (Å²) in [7, 11) is 1.90. The molecule has 0 saturated heterocycles. The number of pyridine rings is 1. The number of nitrogens with one attached hydrogen (secondary N) is 1. The van der Waals surface area contributed by atoms with Crippen molar-refractivity contribution in [3.8, 4) is 11.5 Å². The molecule has 2 aromatic rings. The molecule has 0 unspecified atom stereocenters. The van der Waals surface area contributed by atoms with Gasteiger partial charge in [0.15, 0.2) is 11.5 Å². The maximum atomic E-state index is 5.62. The zero-order valence-corrected chi connectivity index (χ0v) is 11.5. The third-order valence-electron chi connectivity index (χ3n) is 3.37. The second-order valence-corrected chi connectivity index (χ2v) is 5.02. The van der Waals surface area contributed by atoms with Crippen LogP contribution < -0.4 is 14.8 Å². The standard InChI is InChI=1S/C15H18N2O2/c1-9(2)11-6-10-7-13-14(19-5-4-18-13)8-12(10)17-15(11)16-3/h6-9H,4-5H2,1-3H3,(H,16,17). The quantitative estimate of drug-likeness (QED) is 0.898. The van der Waals surface area contributed by atoms with Crippen molar-refractivity contribution in [1.82, 2.24) is 4.98 Å². The summed E-state index contributed by atoms with van der Waals surface area (Å²) in [6.07, 6.45) is 0. The SMILES string of the molecule is CNc1nc2cc3c(cc2cc1C(C)C)OCCO3. The first kappa shape index (κ1) is 12.1. The van der Waals surface area contributed by atoms with Crippen LogP contribution in [-0.4, -0.2) is 25.2 Å². The lowest BCUT2D eigenvalue weighted by molar-refractivity contribution is 0.172. The molecule has 3 rings (SSSR count). The summed E-state index contributed by atoms with van der Waals surface area (Å²) in [6.45, 7) is 5.54. The van der Waals surface area contributed by atoms with E-state index in [1.807, 2.05) is 19.2 Å². The molecule has 0 radical (unpaired) electrons. The van der Waals surface area contributed by atoms with Crippen LogP contribution in [0.25, 0.3) is 10.9 Å². The number of ether oxygens (including phenoxy) is 2. The molecule has 0 saturated carbocycles. The molecule has 1 aliphatic heterocycles. The second-order valence-electron chi connectivity index (χ2n) is 5.02. The first-order chi connectivity index (χ1) is 9.19. The summed E-state index contributed by atoms with van der Waals surface area (Å²) in [5, 5.41) is 4.26. The Kier molecular flexibility index (Phi) is 2.93. The summed E-state index contributed by atoms with van der Waals surface area (Å²) < 4.78 is 11.2. The highest BCUT2D eigenvalue weighted by Crippen LogP contribution is 2.36. The minimum Gasteiger partial charge on any atom is -0.486 e. The zero-order chi connectivity index (χ0) is 13.4. The highest BCUT2D eigenvalue weighted by molar-refractivity contribution is 5.85. The van der Waals surface area contributed by atoms with Gasteiger partial charge in [-0.2, -0.15) is 0 Å². The lowest BCUT2D eigenvalue weighted by atomic mass is 10.0. The van der Waals surface area contributed by atoms with Gasteiger partial charge in [0.2, 0.25) is 0 Å². The van der Waals surface area contributed by atoms with Crippen molar-refractivity contribution in [2.24, 2.45) is 0 Å². The van der Waals surface area contributed by atoms with E-state index in [2.05, 4.69) is 30.2 Å². The molecule has 100 valence electrons. The van der Waals surface area contributed by atoms with E-state index in [0.29, 0.717) is 19.1 Å². The van der Waals surface area contributed by atoms with Gasteiger partial charge in [0, 0.05) is 18.5 Å². The van der Waals surface area contributed by atoms with Gasteiger partial charge in [-0.25, -0.2) is 4.98 Å². The van der Waals surface area contributed by atoms with Crippen molar-refractivity contribution in [2.75, 3.05) is 25.6 Å². The predicted octanol–water partition coefficient (Wildman–Crippen LogP) is 3.17. The van der Waals surface area contributed by atoms with E-state index >= 15 is 0 Å². The number of anilines is 1. The van der Waals surface area contributed by atoms with Crippen molar-refractivity contribution in [2.45, 2.75) is 19.8 Å². The van der Waals surface area contributed by atoms with Crippen LogP contribution in [0.15, 0.2) is 18.2 Å². The van der Waals surface area contributed by atoms with Gasteiger partial charge in [-0.1, -0.05) is 13.8 Å². The summed E-state index contributed by atoms with van der Waals surface area (Å²) in [6, 6.07) is 6.15. The predicted molar refractivity (Wildman–Crippen MR) is 76.4 cm³/mol. The number of rotatable bonds is 2. The Morgan fingerprint density at radius 3 is 2.42 bits per heavy atom. The van der Waals surface area contributed by atoms with Crippen LogP contribution in [0.3, 0.4) is 0 Å². The maximum absolute atomic E-state index is 5.62. The summed E-state index contributed by atoms with van der Waals surface area (Å²) in [4.78, 5) is 4.68. The van der Waals surface area contributed by atoms with Crippen molar-refractivity contribution in [3.05, 3.63) is 23.8 Å². The molecule has 0 fully saturated rings. The largest absolute Gasteiger partial charge is 0.486 e. The fourth-order valence-electron chi connectivity index (χ4n) is 2.37. The zero-order valence-electron chi connectivity index (χ0n) is 11.5. The molecule has 0 spiro atoms. The third kappa shape index (κ3) is 2.07. The van der Waals surface area contributed by atoms with Crippen LogP contribution in [-0.2, 0) is 0 Å². The molecule has 19 heavy (non-hydrogen) atoms. The van der Waals surface area contributed by atoms with E-state index < -0.39 is 0 Å². The monoisotopic (exact) mass is 258 g/mol. The topological polar surface area (TPSA) is 43.4 Å². The van der Waals surface area contributed by atoms with Crippen LogP contribution in [0.2, 0.25) is 0 Å². The highest BCUT2D eigenvalue weighted by atomic mass is 16.6. The van der Waals surface area contributed by atoms with Gasteiger partial charge in [-0.3, -0.25) is 0 Å². The first-order valence-corrected chi connectivity index (χ1v) is 6.61. The highest BCUT2D eigenvalue weighted by Gasteiger charge is 2.15. The van der Waals surface area contributed by atoms with E-state index in [4.69, 9.17) is 9.47 Å². The van der Waals surface area contributed by atoms with Gasteiger partial charge >= 0.3 is 0 Å². The number of fused-ring (bicyclic) bond motifs is 2. The molecule has 0 atom stereocenters. The van der Waals surface area contributed by atoms with Crippen LogP contribution >= 0.6 is 0 Å². The van der Waals surface area contributed by atoms with Gasteiger partial charge in [-0.05, 0) is 23.6 Å². The van der Waals surface area contributed by atoms with Crippen molar-refractivity contribution in [1.29, 1.82) is 0 Å². The fraction of sp³-hybridized carbons (Fsp3) is 0.400. The molecule has 2 heterocycles. The van der Waals surface area contributed by atoms with Crippen molar-refractivity contribution < 1.29 is 9.47 Å². The van der Waals surface area contributed by atoms with Gasteiger partial charge < -0.3 is 14.8 Å². The molecule has 1 aromatic carbocycles. The van der Waals surface area contributed by atoms with Crippen LogP contribution in [0.5, 0.6) is 11.5 Å². The molecule has 0 aliphatic carbocycles. The Bertz CT molecular complexity index is 623. The fourth-order valence-corrected chi connectivity index (χ4v) is 2.37. The van der Waals surface area contributed by atoms with Gasteiger partial charge in [0.1, 0.15) is 19.0 Å². The Morgan fingerprint density at radius 1 is 1.11 bits per heavy atom. The molecule has 1 aliphatic rings. The van der Waals surface area contributed by atoms with Crippen LogP contribution in [0.4, 0.5) is 5.82 Å². The Labute approximate surface area is 112 Å². The Balaban J connectivity index is 2.21. The normalized spacial score (nSPS) is 13.9. The number of hydrogen-bond donors (Lipinski definition) is 1. The van der Waals surface area contributed by atoms with Gasteiger partial charge in [0.25, 0.3) is 0 Å². The van der Waals surface area contributed by atoms with E-state index in [9.17, 15) is 0 Å². The number of benzene rings is 1. The molecule has 1 N–H and O–H groups in total. The van der Waals surface area contributed by atoms with Gasteiger partial charge in [0.05, 0.1) is 5.52 Å². The molecule has 1 aromatic heterocycles. The minimum absolute atomic E-state index is 0.424. The summed E-state index contributed by atoms with van der Waals surface area (Å²) in [5.74, 6) is 2.95. The number of nitrogens with zero attached hydrogens (tertiary/aromatic N) is 1. The van der Waals surface area contributed by atoms with Crippen molar-refractivity contribution in [3.63, 3.8) is 0 Å². The lowest BCUT2D eigenvalue weighted by Gasteiger charge is -2.19. The molecule has 0 bridgehead atoms. The summed E-state index contributed by atoms with van der Waals surface area (Å²) in [5.41, 5.74) is 2.14. The van der Waals surface area contributed by atoms with Crippen molar-refractivity contribution >= 4 is 16.7 Å². The number of hydrogen-bond acceptors (Lipinski definition) is 4. The van der Waals surface area contributed by atoms with E-state index in [0.717, 1.165) is 28.2 Å². The Hall–Kier alpha value is -1.97. The average molecular weight is 258 g/mol. The molecular formula is C15H18N2O2. The lowest BCUT2D eigenvalue weighted by Crippen LogP contribution is -2.15. The molecule has 0 amide bonds. The molecule has 4 heteroatoms. The van der Waals surface area contributed by atoms with Crippen LogP contribution in [0.1, 0.15) is 25.3 Å². The minimum atomic E-state index is 0.424. The average Bonchev–Trinajstić information content (AvgIpc) is 2.43. The maximum Gasteiger partial charge on any atom is 0.163 e. The van der Waals surface area contributed by atoms with E-state index in [-0.39, 0.29) is 0 Å². The first-order valence-electron chi connectivity index (χ1n) is 6.61. The van der Waals surface area contributed by atoms with E-state index in [1.165, 1.54) is 5.56 Å².